The summed E-state index contributed by atoms with van der Waals surface area (Å²) in [5, 5.41) is 7.72. The maximum absolute atomic E-state index is 9.37. The van der Waals surface area contributed by atoms with Crippen molar-refractivity contribution in [3.63, 3.8) is 0 Å². The Balaban J connectivity index is 0.000000555. The van der Waals surface area contributed by atoms with Crippen LogP contribution < -0.4 is 0 Å². The Morgan fingerprint density at radius 1 is 1.16 bits per heavy atom. The zero-order valence-electron chi connectivity index (χ0n) is 12.8. The molecule has 0 aliphatic heterocycles. The van der Waals surface area contributed by atoms with E-state index in [0.717, 1.165) is 5.92 Å². The van der Waals surface area contributed by atoms with E-state index in [9.17, 15) is 4.79 Å². The number of carboxylic acid groups (broad SMARTS) is 1. The molecule has 0 radical (unpaired) electrons. The Morgan fingerprint density at radius 3 is 2.11 bits per heavy atom. The minimum Gasteiger partial charge on any atom is -0.481 e. The number of unbranched alkanes of at least 4 members (excludes halogenated alkanes) is 1. The summed E-state index contributed by atoms with van der Waals surface area (Å²) in [7, 11) is 0. The third-order valence-corrected chi connectivity index (χ3v) is 2.85. The van der Waals surface area contributed by atoms with E-state index in [-0.39, 0.29) is 6.42 Å². The number of rotatable bonds is 6. The Kier molecular flexibility index (Phi) is 9.87. The van der Waals surface area contributed by atoms with E-state index in [0.29, 0.717) is 0 Å². The summed E-state index contributed by atoms with van der Waals surface area (Å²) in [5.41, 5.74) is 3.11. The molecule has 0 spiro atoms. The molecular weight excluding hydrogens is 236 g/mol. The molecule has 1 rings (SSSR count). The quantitative estimate of drug-likeness (QED) is 0.808. The van der Waals surface area contributed by atoms with E-state index in [1.165, 1.54) is 25.7 Å². The zero-order chi connectivity index (χ0) is 14.7. The van der Waals surface area contributed by atoms with Gasteiger partial charge < -0.3 is 5.11 Å². The molecule has 19 heavy (non-hydrogen) atoms. The monoisotopic (exact) mass is 264 g/mol. The summed E-state index contributed by atoms with van der Waals surface area (Å²) >= 11 is 0. The van der Waals surface area contributed by atoms with Crippen molar-refractivity contribution in [2.45, 2.75) is 59.8 Å². The lowest BCUT2D eigenvalue weighted by Gasteiger charge is -2.10. The third-order valence-electron chi connectivity index (χ3n) is 2.85. The van der Waals surface area contributed by atoms with Gasteiger partial charge in [0.2, 0.25) is 0 Å². The summed E-state index contributed by atoms with van der Waals surface area (Å²) < 4.78 is 0. The van der Waals surface area contributed by atoms with Gasteiger partial charge in [-0.2, -0.15) is 0 Å². The second kappa shape index (κ2) is 10.6. The van der Waals surface area contributed by atoms with Crippen molar-refractivity contribution >= 4 is 5.97 Å². The predicted molar refractivity (Wildman–Crippen MR) is 81.5 cm³/mol. The number of carbonyl (C=O) groups is 1. The van der Waals surface area contributed by atoms with Gasteiger partial charge >= 0.3 is 5.97 Å². The Labute approximate surface area is 117 Å². The summed E-state index contributed by atoms with van der Waals surface area (Å²) in [5.74, 6) is 0.0165. The fourth-order valence-corrected chi connectivity index (χ4v) is 1.81. The number of hydrogen-bond acceptors (Lipinski definition) is 1. The largest absolute Gasteiger partial charge is 0.481 e. The van der Waals surface area contributed by atoms with Crippen LogP contribution in [0.2, 0.25) is 0 Å². The van der Waals surface area contributed by atoms with Crippen LogP contribution in [0.3, 0.4) is 0 Å². The van der Waals surface area contributed by atoms with E-state index in [1.807, 2.05) is 0 Å². The molecule has 1 aromatic carbocycles. The first kappa shape index (κ1) is 17.7. The Hall–Kier alpha value is -1.31. The van der Waals surface area contributed by atoms with Crippen LogP contribution in [0.25, 0.3) is 0 Å². The molecule has 2 nitrogen and oxygen atoms in total. The van der Waals surface area contributed by atoms with Crippen molar-refractivity contribution in [3.8, 4) is 0 Å². The molecule has 0 amide bonds. The van der Waals surface area contributed by atoms with E-state index < -0.39 is 5.97 Å². The van der Waals surface area contributed by atoms with Crippen LogP contribution in [0.15, 0.2) is 24.3 Å². The van der Waals surface area contributed by atoms with Gasteiger partial charge in [0.15, 0.2) is 0 Å². The Bertz CT molecular complexity index is 356. The first-order valence-electron chi connectivity index (χ1n) is 7.29. The van der Waals surface area contributed by atoms with Gasteiger partial charge in [-0.15, -0.1) is 0 Å². The average Bonchev–Trinajstić information content (AvgIpc) is 2.38. The van der Waals surface area contributed by atoms with Crippen LogP contribution >= 0.6 is 0 Å². The van der Waals surface area contributed by atoms with Crippen LogP contribution in [-0.2, 0) is 17.6 Å². The summed E-state index contributed by atoms with van der Waals surface area (Å²) in [4.78, 5) is 9.37. The number of aryl methyl sites for hydroxylation is 1. The van der Waals surface area contributed by atoms with Gasteiger partial charge in [-0.25, -0.2) is 0 Å². The van der Waals surface area contributed by atoms with Gasteiger partial charge in [-0.1, -0.05) is 58.4 Å². The molecule has 108 valence electrons. The molecule has 0 fully saturated rings. The minimum atomic E-state index is -0.745. The molecule has 0 bridgehead atoms. The van der Waals surface area contributed by atoms with Gasteiger partial charge in [0, 0.05) is 6.42 Å². The lowest BCUT2D eigenvalue weighted by atomic mass is 9.95. The van der Waals surface area contributed by atoms with Gasteiger partial charge in [0.25, 0.3) is 0 Å². The van der Waals surface area contributed by atoms with Crippen LogP contribution in [0.1, 0.15) is 58.1 Å². The summed E-state index contributed by atoms with van der Waals surface area (Å²) in [6, 6.07) is 8.89. The predicted octanol–water partition coefficient (Wildman–Crippen LogP) is 4.71. The molecule has 0 aliphatic carbocycles. The van der Waals surface area contributed by atoms with Gasteiger partial charge in [0.1, 0.15) is 0 Å². The van der Waals surface area contributed by atoms with Crippen molar-refractivity contribution < 1.29 is 9.90 Å². The van der Waals surface area contributed by atoms with Crippen LogP contribution in [0.4, 0.5) is 0 Å². The van der Waals surface area contributed by atoms with E-state index in [2.05, 4.69) is 45.0 Å². The number of benzene rings is 1. The first-order valence-corrected chi connectivity index (χ1v) is 7.29. The molecule has 0 aliphatic rings. The highest BCUT2D eigenvalue weighted by Crippen LogP contribution is 2.15. The van der Waals surface area contributed by atoms with Gasteiger partial charge in [-0.3, -0.25) is 4.79 Å². The lowest BCUT2D eigenvalue weighted by Crippen LogP contribution is -1.99. The SMILES string of the molecule is CCC(=O)O.CCCCc1ccccc1CC(C)C. The van der Waals surface area contributed by atoms with E-state index in [4.69, 9.17) is 5.11 Å². The Morgan fingerprint density at radius 2 is 1.68 bits per heavy atom. The van der Waals surface area contributed by atoms with Crippen molar-refractivity contribution in [2.75, 3.05) is 0 Å². The lowest BCUT2D eigenvalue weighted by molar-refractivity contribution is -0.136. The van der Waals surface area contributed by atoms with Crippen molar-refractivity contribution in [3.05, 3.63) is 35.4 Å². The summed E-state index contributed by atoms with van der Waals surface area (Å²) in [6.45, 7) is 8.43. The fraction of sp³-hybridized carbons (Fsp3) is 0.588. The molecule has 0 aromatic heterocycles. The average molecular weight is 264 g/mol. The molecule has 2 heteroatoms. The third kappa shape index (κ3) is 9.29. The van der Waals surface area contributed by atoms with E-state index >= 15 is 0 Å². The molecule has 1 aromatic rings. The highest BCUT2D eigenvalue weighted by atomic mass is 16.4. The molecule has 0 saturated carbocycles. The smallest absolute Gasteiger partial charge is 0.303 e. The maximum atomic E-state index is 9.37. The molecular formula is C17H28O2. The zero-order valence-corrected chi connectivity index (χ0v) is 12.8. The molecule has 0 heterocycles. The first-order chi connectivity index (χ1) is 9.01. The second-order valence-corrected chi connectivity index (χ2v) is 5.22. The topological polar surface area (TPSA) is 37.3 Å². The standard InChI is InChI=1S/C14H22.C3H6O2/c1-4-5-8-13-9-6-7-10-14(13)11-12(2)3;1-2-3(4)5/h6-7,9-10,12H,4-5,8,11H2,1-3H3;2H2,1H3,(H,4,5). The van der Waals surface area contributed by atoms with Crippen molar-refractivity contribution in [2.24, 2.45) is 5.92 Å². The molecule has 1 N–H and O–H groups in total. The van der Waals surface area contributed by atoms with Crippen LogP contribution in [0.5, 0.6) is 0 Å². The maximum Gasteiger partial charge on any atom is 0.303 e. The number of aliphatic carboxylic acids is 1. The number of carboxylic acids is 1. The fourth-order valence-electron chi connectivity index (χ4n) is 1.81. The normalized spacial score (nSPS) is 9.95. The highest BCUT2D eigenvalue weighted by molar-refractivity contribution is 5.66. The summed E-state index contributed by atoms with van der Waals surface area (Å²) in [6.07, 6.45) is 5.30. The van der Waals surface area contributed by atoms with Gasteiger partial charge in [-0.05, 0) is 36.3 Å². The molecule has 0 atom stereocenters. The highest BCUT2D eigenvalue weighted by Gasteiger charge is 2.03. The van der Waals surface area contributed by atoms with Crippen molar-refractivity contribution in [1.82, 2.24) is 0 Å². The van der Waals surface area contributed by atoms with Crippen LogP contribution in [0, 0.1) is 5.92 Å². The minimum absolute atomic E-state index is 0.222. The van der Waals surface area contributed by atoms with Crippen molar-refractivity contribution in [1.29, 1.82) is 0 Å². The molecule has 0 saturated heterocycles. The second-order valence-electron chi connectivity index (χ2n) is 5.22. The number of hydrogen-bond donors (Lipinski definition) is 1. The van der Waals surface area contributed by atoms with E-state index in [1.54, 1.807) is 18.1 Å². The van der Waals surface area contributed by atoms with Gasteiger partial charge in [0.05, 0.1) is 0 Å². The molecule has 0 unspecified atom stereocenters. The van der Waals surface area contributed by atoms with Crippen LogP contribution in [-0.4, -0.2) is 11.1 Å².